The van der Waals surface area contributed by atoms with Gasteiger partial charge in [0, 0.05) is 19.2 Å². The summed E-state index contributed by atoms with van der Waals surface area (Å²) in [7, 11) is 0. The van der Waals surface area contributed by atoms with Gasteiger partial charge in [0.2, 0.25) is 5.95 Å². The van der Waals surface area contributed by atoms with Gasteiger partial charge in [-0.05, 0) is 24.3 Å². The molecule has 0 unspecified atom stereocenters. The van der Waals surface area contributed by atoms with Gasteiger partial charge in [0.25, 0.3) is 5.56 Å². The predicted octanol–water partition coefficient (Wildman–Crippen LogP) is 2.18. The van der Waals surface area contributed by atoms with Crippen molar-refractivity contribution >= 4 is 40.1 Å². The third-order valence-electron chi connectivity index (χ3n) is 4.36. The Labute approximate surface area is 174 Å². The SMILES string of the molecule is Nc1nc(N)c(Cl)c(NCCc2nc3cccc(F)c3c(=O)n2-c2cccnc2)n1. The molecule has 9 nitrogen and oxygen atoms in total. The van der Waals surface area contributed by atoms with Crippen LogP contribution in [0.4, 0.5) is 22.0 Å². The number of nitrogen functional groups attached to an aromatic ring is 2. The second-order valence-corrected chi connectivity index (χ2v) is 6.70. The Bertz CT molecular complexity index is 1300. The first kappa shape index (κ1) is 19.5. The average Bonchev–Trinajstić information content (AvgIpc) is 2.72. The molecule has 4 rings (SSSR count). The molecule has 0 saturated heterocycles. The van der Waals surface area contributed by atoms with Gasteiger partial charge in [0.1, 0.15) is 27.9 Å². The maximum absolute atomic E-state index is 14.3. The molecule has 0 spiro atoms. The van der Waals surface area contributed by atoms with Gasteiger partial charge in [0.15, 0.2) is 5.82 Å². The van der Waals surface area contributed by atoms with E-state index in [1.807, 2.05) is 0 Å². The highest BCUT2D eigenvalue weighted by molar-refractivity contribution is 6.35. The van der Waals surface area contributed by atoms with Gasteiger partial charge in [-0.3, -0.25) is 14.3 Å². The molecular formula is C19H16ClFN8O. The zero-order valence-electron chi connectivity index (χ0n) is 15.5. The van der Waals surface area contributed by atoms with Crippen LogP contribution < -0.4 is 22.3 Å². The molecule has 152 valence electrons. The normalized spacial score (nSPS) is 11.0. The van der Waals surface area contributed by atoms with Crippen molar-refractivity contribution in [3.05, 3.63) is 69.7 Å². The van der Waals surface area contributed by atoms with Crippen molar-refractivity contribution in [3.63, 3.8) is 0 Å². The quantitative estimate of drug-likeness (QED) is 0.441. The van der Waals surface area contributed by atoms with Crippen molar-refractivity contribution in [2.45, 2.75) is 6.42 Å². The fourth-order valence-electron chi connectivity index (χ4n) is 3.05. The van der Waals surface area contributed by atoms with E-state index >= 15 is 0 Å². The molecule has 0 radical (unpaired) electrons. The van der Waals surface area contributed by atoms with Gasteiger partial charge in [-0.1, -0.05) is 17.7 Å². The average molecular weight is 427 g/mol. The van der Waals surface area contributed by atoms with E-state index in [9.17, 15) is 9.18 Å². The third kappa shape index (κ3) is 3.60. The summed E-state index contributed by atoms with van der Waals surface area (Å²) in [5, 5.41) is 3.07. The molecule has 3 heterocycles. The molecule has 11 heteroatoms. The van der Waals surface area contributed by atoms with Gasteiger partial charge in [-0.15, -0.1) is 0 Å². The number of halogens is 2. The van der Waals surface area contributed by atoms with Gasteiger partial charge in [0.05, 0.1) is 17.4 Å². The molecule has 0 fully saturated rings. The van der Waals surface area contributed by atoms with E-state index < -0.39 is 11.4 Å². The summed E-state index contributed by atoms with van der Waals surface area (Å²) >= 11 is 6.11. The summed E-state index contributed by atoms with van der Waals surface area (Å²) in [5.74, 6) is 0.0729. The second kappa shape index (κ2) is 7.91. The van der Waals surface area contributed by atoms with Crippen molar-refractivity contribution in [2.75, 3.05) is 23.3 Å². The van der Waals surface area contributed by atoms with E-state index in [-0.39, 0.29) is 39.9 Å². The Balaban J connectivity index is 1.74. The smallest absolute Gasteiger partial charge is 0.269 e. The largest absolute Gasteiger partial charge is 0.382 e. The monoisotopic (exact) mass is 426 g/mol. The molecule has 0 aliphatic carbocycles. The van der Waals surface area contributed by atoms with Crippen molar-refractivity contribution in [2.24, 2.45) is 0 Å². The maximum Gasteiger partial charge on any atom is 0.269 e. The molecule has 4 aromatic rings. The van der Waals surface area contributed by atoms with E-state index in [4.69, 9.17) is 23.1 Å². The Kier molecular flexibility index (Phi) is 5.15. The lowest BCUT2D eigenvalue weighted by atomic mass is 10.2. The summed E-state index contributed by atoms with van der Waals surface area (Å²) < 4.78 is 15.7. The minimum atomic E-state index is -0.633. The van der Waals surface area contributed by atoms with Gasteiger partial charge < -0.3 is 16.8 Å². The highest BCUT2D eigenvalue weighted by atomic mass is 35.5. The van der Waals surface area contributed by atoms with Crippen molar-refractivity contribution in [1.82, 2.24) is 24.5 Å². The number of nitrogens with two attached hydrogens (primary N) is 2. The Morgan fingerprint density at radius 2 is 1.97 bits per heavy atom. The number of aromatic nitrogens is 5. The Morgan fingerprint density at radius 1 is 1.13 bits per heavy atom. The van der Waals surface area contributed by atoms with Gasteiger partial charge in [-0.25, -0.2) is 9.37 Å². The van der Waals surface area contributed by atoms with Crippen LogP contribution in [0.1, 0.15) is 5.82 Å². The first-order chi connectivity index (χ1) is 14.5. The topological polar surface area (TPSA) is 138 Å². The molecular weight excluding hydrogens is 411 g/mol. The van der Waals surface area contributed by atoms with E-state index in [2.05, 4.69) is 25.3 Å². The lowest BCUT2D eigenvalue weighted by molar-refractivity contribution is 0.636. The standard InChI is InChI=1S/C19H16ClFN8O/c20-15-16(22)27-19(23)28-17(15)25-8-6-13-26-12-5-1-4-11(21)14(12)18(30)29(13)10-3-2-7-24-9-10/h1-5,7,9H,6,8H2,(H5,22,23,25,27,28). The fraction of sp³-hybridized carbons (Fsp3) is 0.105. The Morgan fingerprint density at radius 3 is 2.73 bits per heavy atom. The number of benzene rings is 1. The van der Waals surface area contributed by atoms with E-state index in [1.54, 1.807) is 24.4 Å². The highest BCUT2D eigenvalue weighted by Crippen LogP contribution is 2.25. The number of pyridine rings is 1. The van der Waals surface area contributed by atoms with Crippen LogP contribution in [0.25, 0.3) is 16.6 Å². The van der Waals surface area contributed by atoms with Crippen LogP contribution in [0.15, 0.2) is 47.5 Å². The van der Waals surface area contributed by atoms with Crippen LogP contribution >= 0.6 is 11.6 Å². The second-order valence-electron chi connectivity index (χ2n) is 6.32. The molecule has 0 aliphatic heterocycles. The Hall–Kier alpha value is -3.79. The van der Waals surface area contributed by atoms with E-state index in [1.165, 1.54) is 22.9 Å². The first-order valence-corrected chi connectivity index (χ1v) is 9.26. The highest BCUT2D eigenvalue weighted by Gasteiger charge is 2.16. The van der Waals surface area contributed by atoms with Crippen LogP contribution in [0.2, 0.25) is 5.02 Å². The van der Waals surface area contributed by atoms with E-state index in [0.717, 1.165) is 0 Å². The maximum atomic E-state index is 14.3. The number of anilines is 3. The molecule has 30 heavy (non-hydrogen) atoms. The van der Waals surface area contributed by atoms with Crippen molar-refractivity contribution in [1.29, 1.82) is 0 Å². The van der Waals surface area contributed by atoms with Crippen LogP contribution in [-0.2, 0) is 6.42 Å². The molecule has 0 atom stereocenters. The zero-order chi connectivity index (χ0) is 21.3. The zero-order valence-corrected chi connectivity index (χ0v) is 16.3. The molecule has 0 aliphatic rings. The summed E-state index contributed by atoms with van der Waals surface area (Å²) in [6.07, 6.45) is 3.38. The predicted molar refractivity (Wildman–Crippen MR) is 113 cm³/mol. The number of fused-ring (bicyclic) bond motifs is 1. The molecule has 0 saturated carbocycles. The summed E-state index contributed by atoms with van der Waals surface area (Å²) in [6.45, 7) is 0.295. The summed E-state index contributed by atoms with van der Waals surface area (Å²) in [5.41, 5.74) is 11.5. The molecule has 0 amide bonds. The van der Waals surface area contributed by atoms with Gasteiger partial charge >= 0.3 is 0 Å². The molecule has 1 aromatic carbocycles. The van der Waals surface area contributed by atoms with Crippen LogP contribution in [0.5, 0.6) is 0 Å². The number of hydrogen-bond acceptors (Lipinski definition) is 8. The fourth-order valence-corrected chi connectivity index (χ4v) is 3.20. The van der Waals surface area contributed by atoms with E-state index in [0.29, 0.717) is 18.1 Å². The minimum Gasteiger partial charge on any atom is -0.382 e. The number of hydrogen-bond donors (Lipinski definition) is 3. The third-order valence-corrected chi connectivity index (χ3v) is 4.73. The summed E-state index contributed by atoms with van der Waals surface area (Å²) in [6, 6.07) is 7.70. The minimum absolute atomic E-state index is 0.0222. The van der Waals surface area contributed by atoms with Crippen LogP contribution in [0, 0.1) is 5.82 Å². The van der Waals surface area contributed by atoms with Crippen molar-refractivity contribution in [3.8, 4) is 5.69 Å². The van der Waals surface area contributed by atoms with Crippen LogP contribution in [-0.4, -0.2) is 31.0 Å². The van der Waals surface area contributed by atoms with Gasteiger partial charge in [-0.2, -0.15) is 9.97 Å². The lowest BCUT2D eigenvalue weighted by Crippen LogP contribution is -2.26. The lowest BCUT2D eigenvalue weighted by Gasteiger charge is -2.14. The van der Waals surface area contributed by atoms with Crippen molar-refractivity contribution < 1.29 is 4.39 Å². The number of nitrogens with zero attached hydrogens (tertiary/aromatic N) is 5. The first-order valence-electron chi connectivity index (χ1n) is 8.88. The summed E-state index contributed by atoms with van der Waals surface area (Å²) in [4.78, 5) is 29.5. The van der Waals surface area contributed by atoms with Crippen LogP contribution in [0.3, 0.4) is 0 Å². The molecule has 0 bridgehead atoms. The molecule has 5 N–H and O–H groups in total. The molecule has 3 aromatic heterocycles. The number of rotatable bonds is 5. The number of nitrogens with one attached hydrogen (secondary N) is 1.